The van der Waals surface area contributed by atoms with Gasteiger partial charge in [-0.25, -0.2) is 4.98 Å². The molecule has 1 aromatic heterocycles. The van der Waals surface area contributed by atoms with Crippen molar-refractivity contribution in [3.05, 3.63) is 10.6 Å². The number of fused-ring (bicyclic) bond motifs is 1. The van der Waals surface area contributed by atoms with Gasteiger partial charge in [-0.1, -0.05) is 44.4 Å². The van der Waals surface area contributed by atoms with Crippen LogP contribution in [0.15, 0.2) is 0 Å². The molecule has 2 aliphatic rings. The van der Waals surface area contributed by atoms with Crippen molar-refractivity contribution in [2.75, 3.05) is 19.0 Å². The lowest BCUT2D eigenvalue weighted by molar-refractivity contribution is 0.265. The molecule has 0 saturated heterocycles. The van der Waals surface area contributed by atoms with Crippen molar-refractivity contribution in [1.29, 1.82) is 0 Å². The fourth-order valence-corrected chi connectivity index (χ4v) is 5.15. The molecule has 1 N–H and O–H groups in total. The molecule has 1 fully saturated rings. The third-order valence-corrected chi connectivity index (χ3v) is 6.51. The lowest BCUT2D eigenvalue weighted by Gasteiger charge is -2.34. The van der Waals surface area contributed by atoms with E-state index in [1.165, 1.54) is 54.2 Å². The van der Waals surface area contributed by atoms with Crippen LogP contribution in [0.1, 0.15) is 69.0 Å². The van der Waals surface area contributed by atoms with Crippen LogP contribution in [0, 0.1) is 5.41 Å². The van der Waals surface area contributed by atoms with Crippen LogP contribution >= 0.6 is 11.3 Å². The van der Waals surface area contributed by atoms with E-state index in [-0.39, 0.29) is 0 Å². The van der Waals surface area contributed by atoms with Crippen LogP contribution in [-0.2, 0) is 6.42 Å². The zero-order valence-corrected chi connectivity index (χ0v) is 14.7. The molecule has 0 aliphatic heterocycles. The van der Waals surface area contributed by atoms with E-state index in [1.54, 1.807) is 0 Å². The number of hydrogen-bond acceptors (Lipinski definition) is 4. The SMILES string of the molecule is CNC1CC(C)(C)Cc2nc(N(C)C3CCCCC3)sc21. The van der Waals surface area contributed by atoms with Gasteiger partial charge in [0.1, 0.15) is 0 Å². The Kier molecular flexibility index (Phi) is 4.28. The van der Waals surface area contributed by atoms with E-state index in [4.69, 9.17) is 4.98 Å². The zero-order chi connectivity index (χ0) is 15.0. The Morgan fingerprint density at radius 1 is 1.24 bits per heavy atom. The highest BCUT2D eigenvalue weighted by atomic mass is 32.1. The molecule has 0 spiro atoms. The molecule has 0 amide bonds. The summed E-state index contributed by atoms with van der Waals surface area (Å²) in [7, 11) is 4.33. The number of hydrogen-bond donors (Lipinski definition) is 1. The monoisotopic (exact) mass is 307 g/mol. The molecule has 0 bridgehead atoms. The molecular weight excluding hydrogens is 278 g/mol. The summed E-state index contributed by atoms with van der Waals surface area (Å²) >= 11 is 1.92. The van der Waals surface area contributed by atoms with E-state index >= 15 is 0 Å². The number of nitrogens with zero attached hydrogens (tertiary/aromatic N) is 2. The second kappa shape index (κ2) is 5.88. The highest BCUT2D eigenvalue weighted by Crippen LogP contribution is 2.45. The van der Waals surface area contributed by atoms with E-state index in [0.717, 1.165) is 6.42 Å². The first-order valence-electron chi connectivity index (χ1n) is 8.40. The molecule has 1 atom stereocenters. The molecule has 2 aliphatic carbocycles. The quantitative estimate of drug-likeness (QED) is 0.909. The Morgan fingerprint density at radius 2 is 1.95 bits per heavy atom. The molecule has 4 heteroatoms. The summed E-state index contributed by atoms with van der Waals surface area (Å²) in [5, 5.41) is 4.74. The lowest BCUT2D eigenvalue weighted by Crippen LogP contribution is -2.33. The maximum absolute atomic E-state index is 5.02. The van der Waals surface area contributed by atoms with Crippen molar-refractivity contribution in [2.45, 2.75) is 70.9 Å². The number of aromatic nitrogens is 1. The van der Waals surface area contributed by atoms with Crippen LogP contribution in [-0.4, -0.2) is 25.1 Å². The van der Waals surface area contributed by atoms with Gasteiger partial charge in [0, 0.05) is 24.0 Å². The molecule has 1 heterocycles. The van der Waals surface area contributed by atoms with Crippen molar-refractivity contribution in [1.82, 2.24) is 10.3 Å². The number of thiazole rings is 1. The minimum absolute atomic E-state index is 0.357. The van der Waals surface area contributed by atoms with Crippen LogP contribution in [0.4, 0.5) is 5.13 Å². The Labute approximate surface area is 133 Å². The summed E-state index contributed by atoms with van der Waals surface area (Å²) < 4.78 is 0. The summed E-state index contributed by atoms with van der Waals surface area (Å²) in [6, 6.07) is 1.18. The second-order valence-electron chi connectivity index (χ2n) is 7.60. The van der Waals surface area contributed by atoms with Crippen molar-refractivity contribution in [3.63, 3.8) is 0 Å². The van der Waals surface area contributed by atoms with E-state index in [1.807, 2.05) is 11.3 Å². The minimum atomic E-state index is 0.357. The maximum atomic E-state index is 5.02. The molecule has 1 unspecified atom stereocenters. The summed E-state index contributed by atoms with van der Waals surface area (Å²) in [6.07, 6.45) is 9.18. The third-order valence-electron chi connectivity index (χ3n) is 5.21. The fourth-order valence-electron chi connectivity index (χ4n) is 3.93. The van der Waals surface area contributed by atoms with Gasteiger partial charge >= 0.3 is 0 Å². The van der Waals surface area contributed by atoms with Gasteiger partial charge in [-0.3, -0.25) is 0 Å². The van der Waals surface area contributed by atoms with Gasteiger partial charge < -0.3 is 10.2 Å². The largest absolute Gasteiger partial charge is 0.348 e. The molecular formula is C17H29N3S. The maximum Gasteiger partial charge on any atom is 0.185 e. The smallest absolute Gasteiger partial charge is 0.185 e. The van der Waals surface area contributed by atoms with E-state index in [9.17, 15) is 0 Å². The number of nitrogens with one attached hydrogen (secondary N) is 1. The summed E-state index contributed by atoms with van der Waals surface area (Å²) in [6.45, 7) is 4.73. The van der Waals surface area contributed by atoms with Gasteiger partial charge in [0.2, 0.25) is 0 Å². The van der Waals surface area contributed by atoms with Crippen LogP contribution in [0.2, 0.25) is 0 Å². The topological polar surface area (TPSA) is 28.2 Å². The summed E-state index contributed by atoms with van der Waals surface area (Å²) in [4.78, 5) is 8.97. The average molecular weight is 308 g/mol. The predicted octanol–water partition coefficient (Wildman–Crippen LogP) is 4.14. The van der Waals surface area contributed by atoms with Gasteiger partial charge in [-0.15, -0.1) is 0 Å². The van der Waals surface area contributed by atoms with Gasteiger partial charge in [-0.2, -0.15) is 0 Å². The first kappa shape index (κ1) is 15.3. The minimum Gasteiger partial charge on any atom is -0.348 e. The average Bonchev–Trinajstić information content (AvgIpc) is 2.88. The van der Waals surface area contributed by atoms with Crippen molar-refractivity contribution in [3.8, 4) is 0 Å². The van der Waals surface area contributed by atoms with Gasteiger partial charge in [0.25, 0.3) is 0 Å². The standard InChI is InChI=1S/C17H29N3S/c1-17(2)10-13(18-3)15-14(11-17)19-16(21-15)20(4)12-8-6-5-7-9-12/h12-13,18H,5-11H2,1-4H3. The van der Waals surface area contributed by atoms with Crippen LogP contribution in [0.5, 0.6) is 0 Å². The Balaban J connectivity index is 1.84. The van der Waals surface area contributed by atoms with Gasteiger partial charge in [0.05, 0.1) is 5.69 Å². The Bertz CT molecular complexity index is 488. The van der Waals surface area contributed by atoms with Gasteiger partial charge in [-0.05, 0) is 38.1 Å². The molecule has 3 rings (SSSR count). The van der Waals surface area contributed by atoms with E-state index in [2.05, 4.69) is 38.2 Å². The number of anilines is 1. The van der Waals surface area contributed by atoms with E-state index < -0.39 is 0 Å². The van der Waals surface area contributed by atoms with Gasteiger partial charge in [0.15, 0.2) is 5.13 Å². The second-order valence-corrected chi connectivity index (χ2v) is 8.61. The predicted molar refractivity (Wildman–Crippen MR) is 91.3 cm³/mol. The Morgan fingerprint density at radius 3 is 2.62 bits per heavy atom. The molecule has 0 aromatic carbocycles. The fraction of sp³-hybridized carbons (Fsp3) is 0.824. The van der Waals surface area contributed by atoms with Crippen LogP contribution in [0.3, 0.4) is 0 Å². The molecule has 3 nitrogen and oxygen atoms in total. The normalized spacial score (nSPS) is 25.6. The summed E-state index contributed by atoms with van der Waals surface area (Å²) in [5.41, 5.74) is 1.70. The van der Waals surface area contributed by atoms with Crippen molar-refractivity contribution in [2.24, 2.45) is 5.41 Å². The van der Waals surface area contributed by atoms with Crippen LogP contribution in [0.25, 0.3) is 0 Å². The van der Waals surface area contributed by atoms with Crippen molar-refractivity contribution < 1.29 is 0 Å². The lowest BCUT2D eigenvalue weighted by atomic mass is 9.76. The molecule has 118 valence electrons. The van der Waals surface area contributed by atoms with Crippen LogP contribution < -0.4 is 10.2 Å². The first-order chi connectivity index (χ1) is 10.00. The highest BCUT2D eigenvalue weighted by Gasteiger charge is 2.35. The van der Waals surface area contributed by atoms with Crippen molar-refractivity contribution >= 4 is 16.5 Å². The third kappa shape index (κ3) is 3.11. The molecule has 0 radical (unpaired) electrons. The highest BCUT2D eigenvalue weighted by molar-refractivity contribution is 7.15. The molecule has 21 heavy (non-hydrogen) atoms. The molecule has 1 aromatic rings. The first-order valence-corrected chi connectivity index (χ1v) is 9.21. The zero-order valence-electron chi connectivity index (χ0n) is 13.9. The van der Waals surface area contributed by atoms with E-state index in [0.29, 0.717) is 17.5 Å². The Hall–Kier alpha value is -0.610. The summed E-state index contributed by atoms with van der Waals surface area (Å²) in [5.74, 6) is 0. The molecule has 1 saturated carbocycles. The number of rotatable bonds is 3.